The van der Waals surface area contributed by atoms with E-state index in [4.69, 9.17) is 15.7 Å². The molecule has 0 radical (unpaired) electrons. The van der Waals surface area contributed by atoms with Gasteiger partial charge >= 0.3 is 0 Å². The van der Waals surface area contributed by atoms with E-state index in [0.29, 0.717) is 24.6 Å². The smallest absolute Gasteiger partial charge is 0.131 e. The topological polar surface area (TPSA) is 114 Å². The van der Waals surface area contributed by atoms with E-state index in [0.717, 1.165) is 22.4 Å². The zero-order valence-electron chi connectivity index (χ0n) is 13.7. The van der Waals surface area contributed by atoms with Gasteiger partial charge in [0.15, 0.2) is 0 Å². The second-order valence-corrected chi connectivity index (χ2v) is 6.19. The largest absolute Gasteiger partial charge is 0.508 e. The van der Waals surface area contributed by atoms with Gasteiger partial charge in [-0.3, -0.25) is 0 Å². The van der Waals surface area contributed by atoms with Crippen molar-refractivity contribution in [1.82, 2.24) is 9.97 Å². The Morgan fingerprint density at radius 2 is 2.04 bits per heavy atom. The molecule has 3 rings (SSSR count). The molecule has 0 amide bonds. The van der Waals surface area contributed by atoms with E-state index in [1.807, 2.05) is 13.8 Å². The van der Waals surface area contributed by atoms with Crippen molar-refractivity contribution in [1.29, 1.82) is 0 Å². The number of aromatic nitrogens is 2. The summed E-state index contributed by atoms with van der Waals surface area (Å²) >= 11 is 0. The minimum Gasteiger partial charge on any atom is -0.508 e. The maximum atomic E-state index is 9.90. The predicted molar refractivity (Wildman–Crippen MR) is 90.8 cm³/mol. The fraction of sp³-hybridized carbons (Fsp3) is 0.353. The number of hydrogen-bond donors (Lipinski definition) is 3. The summed E-state index contributed by atoms with van der Waals surface area (Å²) in [6, 6.07) is 5.03. The van der Waals surface area contributed by atoms with Crippen LogP contribution in [-0.4, -0.2) is 39.1 Å². The van der Waals surface area contributed by atoms with Crippen molar-refractivity contribution >= 4 is 11.5 Å². The van der Waals surface area contributed by atoms with Gasteiger partial charge in [-0.15, -0.1) is 0 Å². The number of nitrogens with zero attached hydrogens (tertiary/aromatic N) is 3. The molecule has 1 aromatic heterocycles. The molecule has 7 nitrogen and oxygen atoms in total. The molecule has 1 aromatic carbocycles. The molecule has 7 heteroatoms. The Balaban J connectivity index is 2.20. The number of oxime groups is 1. The molecule has 126 valence electrons. The Kier molecular flexibility index (Phi) is 4.11. The number of aliphatic hydroxyl groups is 1. The third kappa shape index (κ3) is 2.56. The SMILES string of the molecule is CC1(C)/C(=N/OCCCO)c2cc(O)ccc2-c2ncnc(N)c21. The van der Waals surface area contributed by atoms with Crippen LogP contribution in [0.4, 0.5) is 5.82 Å². The highest BCUT2D eigenvalue weighted by Gasteiger charge is 2.40. The summed E-state index contributed by atoms with van der Waals surface area (Å²) in [6.45, 7) is 4.27. The van der Waals surface area contributed by atoms with E-state index in [2.05, 4.69) is 15.1 Å². The molecule has 1 aliphatic rings. The predicted octanol–water partition coefficient (Wildman–Crippen LogP) is 1.83. The number of rotatable bonds is 4. The van der Waals surface area contributed by atoms with E-state index < -0.39 is 5.41 Å². The lowest BCUT2D eigenvalue weighted by Gasteiger charge is -2.34. The molecule has 0 atom stereocenters. The quantitative estimate of drug-likeness (QED) is 0.583. The summed E-state index contributed by atoms with van der Waals surface area (Å²) in [5.74, 6) is 0.532. The lowest BCUT2D eigenvalue weighted by Crippen LogP contribution is -2.36. The van der Waals surface area contributed by atoms with E-state index in [1.54, 1.807) is 18.2 Å². The number of nitrogen functional groups attached to an aromatic ring is 1. The van der Waals surface area contributed by atoms with E-state index >= 15 is 0 Å². The first-order chi connectivity index (χ1) is 11.5. The van der Waals surface area contributed by atoms with Gasteiger partial charge in [-0.1, -0.05) is 5.16 Å². The fourth-order valence-electron chi connectivity index (χ4n) is 3.01. The highest BCUT2D eigenvalue weighted by molar-refractivity contribution is 6.15. The van der Waals surface area contributed by atoms with Crippen molar-refractivity contribution in [2.75, 3.05) is 18.9 Å². The van der Waals surface area contributed by atoms with Crippen LogP contribution < -0.4 is 5.73 Å². The van der Waals surface area contributed by atoms with Crippen molar-refractivity contribution in [3.63, 3.8) is 0 Å². The molecule has 0 unspecified atom stereocenters. The normalized spacial score (nSPS) is 16.5. The molecule has 24 heavy (non-hydrogen) atoms. The second kappa shape index (κ2) is 6.09. The molecule has 0 fully saturated rings. The van der Waals surface area contributed by atoms with E-state index in [-0.39, 0.29) is 12.4 Å². The first-order valence-corrected chi connectivity index (χ1v) is 7.73. The summed E-state index contributed by atoms with van der Waals surface area (Å²) in [5, 5.41) is 23.1. The van der Waals surface area contributed by atoms with Crippen LogP contribution in [0, 0.1) is 0 Å². The number of aliphatic hydroxyl groups excluding tert-OH is 1. The highest BCUT2D eigenvalue weighted by Crippen LogP contribution is 2.45. The molecule has 2 aromatic rings. The fourth-order valence-corrected chi connectivity index (χ4v) is 3.01. The molecule has 0 saturated carbocycles. The molecule has 0 aliphatic heterocycles. The Hall–Kier alpha value is -2.67. The lowest BCUT2D eigenvalue weighted by molar-refractivity contribution is 0.122. The zero-order chi connectivity index (χ0) is 17.3. The third-order valence-electron chi connectivity index (χ3n) is 4.16. The Bertz CT molecular complexity index is 802. The number of fused-ring (bicyclic) bond motifs is 3. The molecular formula is C17H20N4O3. The van der Waals surface area contributed by atoms with Crippen molar-refractivity contribution in [3.05, 3.63) is 35.7 Å². The Morgan fingerprint density at radius 1 is 1.25 bits per heavy atom. The molecule has 1 heterocycles. The van der Waals surface area contributed by atoms with Crippen molar-refractivity contribution in [2.45, 2.75) is 25.7 Å². The second-order valence-electron chi connectivity index (χ2n) is 6.19. The molecule has 0 saturated heterocycles. The van der Waals surface area contributed by atoms with Crippen LogP contribution in [0.25, 0.3) is 11.3 Å². The highest BCUT2D eigenvalue weighted by atomic mass is 16.6. The van der Waals surface area contributed by atoms with E-state index in [9.17, 15) is 5.11 Å². The molecule has 1 aliphatic carbocycles. The third-order valence-corrected chi connectivity index (χ3v) is 4.16. The first kappa shape index (κ1) is 16.2. The lowest BCUT2D eigenvalue weighted by atomic mass is 9.70. The van der Waals surface area contributed by atoms with Gasteiger partial charge in [0.1, 0.15) is 24.5 Å². The monoisotopic (exact) mass is 328 g/mol. The number of phenolic OH excluding ortho intramolecular Hbond substituents is 1. The van der Waals surface area contributed by atoms with Gasteiger partial charge in [-0.25, -0.2) is 9.97 Å². The Labute approximate surface area is 139 Å². The summed E-state index contributed by atoms with van der Waals surface area (Å²) in [7, 11) is 0. The standard InChI is InChI=1S/C17H20N4O3/c1-17(2)13-14(19-9-20-16(13)18)11-5-4-10(23)8-12(11)15(17)21-24-7-3-6-22/h4-5,8-9,22-23H,3,6-7H2,1-2H3,(H2,18,19,20)/b21-15+. The number of phenols is 1. The van der Waals surface area contributed by atoms with Crippen LogP contribution in [0.2, 0.25) is 0 Å². The number of aromatic hydroxyl groups is 1. The first-order valence-electron chi connectivity index (χ1n) is 7.73. The van der Waals surface area contributed by atoms with Gasteiger partial charge in [-0.2, -0.15) is 0 Å². The van der Waals surface area contributed by atoms with Gasteiger partial charge in [0.2, 0.25) is 0 Å². The van der Waals surface area contributed by atoms with Crippen LogP contribution >= 0.6 is 0 Å². The van der Waals surface area contributed by atoms with Gasteiger partial charge in [0.25, 0.3) is 0 Å². The summed E-state index contributed by atoms with van der Waals surface area (Å²) < 4.78 is 0. The minimum atomic E-state index is -0.597. The molecule has 0 bridgehead atoms. The molecule has 4 N–H and O–H groups in total. The van der Waals surface area contributed by atoms with Crippen LogP contribution in [0.5, 0.6) is 5.75 Å². The van der Waals surface area contributed by atoms with Gasteiger partial charge in [0, 0.05) is 35.1 Å². The van der Waals surface area contributed by atoms with Crippen LogP contribution in [0.3, 0.4) is 0 Å². The average Bonchev–Trinajstić information content (AvgIpc) is 2.53. The number of nitrogens with two attached hydrogens (primary N) is 1. The van der Waals surface area contributed by atoms with Crippen molar-refractivity contribution in [2.24, 2.45) is 5.16 Å². The Morgan fingerprint density at radius 3 is 2.79 bits per heavy atom. The minimum absolute atomic E-state index is 0.0369. The molecule has 0 spiro atoms. The number of anilines is 1. The maximum absolute atomic E-state index is 9.90. The zero-order valence-corrected chi connectivity index (χ0v) is 13.7. The summed E-state index contributed by atoms with van der Waals surface area (Å²) in [5.41, 5.74) is 9.24. The van der Waals surface area contributed by atoms with Crippen molar-refractivity contribution in [3.8, 4) is 17.0 Å². The average molecular weight is 328 g/mol. The van der Waals surface area contributed by atoms with E-state index in [1.165, 1.54) is 6.33 Å². The molecular weight excluding hydrogens is 308 g/mol. The van der Waals surface area contributed by atoms with Crippen LogP contribution in [0.15, 0.2) is 29.7 Å². The van der Waals surface area contributed by atoms with Gasteiger partial charge in [0.05, 0.1) is 11.4 Å². The summed E-state index contributed by atoms with van der Waals surface area (Å²) in [6.07, 6.45) is 1.92. The van der Waals surface area contributed by atoms with Crippen LogP contribution in [0.1, 0.15) is 31.4 Å². The van der Waals surface area contributed by atoms with Crippen molar-refractivity contribution < 1.29 is 15.1 Å². The summed E-state index contributed by atoms with van der Waals surface area (Å²) in [4.78, 5) is 13.9. The van der Waals surface area contributed by atoms with Crippen LogP contribution in [-0.2, 0) is 10.3 Å². The van der Waals surface area contributed by atoms with Gasteiger partial charge in [-0.05, 0) is 32.0 Å². The number of benzene rings is 1. The van der Waals surface area contributed by atoms with Gasteiger partial charge < -0.3 is 20.8 Å². The number of hydrogen-bond acceptors (Lipinski definition) is 7. The maximum Gasteiger partial charge on any atom is 0.131 e.